The number of amides is 2. The van der Waals surface area contributed by atoms with Crippen LogP contribution in [-0.2, 0) is 6.54 Å². The van der Waals surface area contributed by atoms with E-state index in [-0.39, 0.29) is 25.0 Å². The number of carbonyl (C=O) groups is 1. The van der Waals surface area contributed by atoms with E-state index < -0.39 is 0 Å². The van der Waals surface area contributed by atoms with Gasteiger partial charge in [0.1, 0.15) is 6.10 Å². The van der Waals surface area contributed by atoms with Crippen molar-refractivity contribution in [1.29, 1.82) is 0 Å². The molecule has 8 heteroatoms. The quantitative estimate of drug-likeness (QED) is 0.839. The van der Waals surface area contributed by atoms with Gasteiger partial charge < -0.3 is 24.8 Å². The minimum Gasteiger partial charge on any atom is -0.473 e. The molecule has 1 aliphatic heterocycles. The number of ether oxygens (including phenoxy) is 3. The highest BCUT2D eigenvalue weighted by Gasteiger charge is 2.24. The van der Waals surface area contributed by atoms with Gasteiger partial charge in [-0.2, -0.15) is 0 Å². The van der Waals surface area contributed by atoms with Crippen molar-refractivity contribution in [2.45, 2.75) is 44.4 Å². The molecule has 1 aromatic heterocycles. The molecule has 1 saturated carbocycles. The Labute approximate surface area is 157 Å². The monoisotopic (exact) mass is 370 g/mol. The number of carbonyl (C=O) groups excluding carboxylic acids is 1. The number of urea groups is 1. The zero-order valence-corrected chi connectivity index (χ0v) is 14.9. The van der Waals surface area contributed by atoms with Crippen LogP contribution in [0.2, 0.25) is 0 Å². The van der Waals surface area contributed by atoms with Crippen LogP contribution in [0.1, 0.15) is 31.2 Å². The average Bonchev–Trinajstić information content (AvgIpc) is 3.17. The Morgan fingerprint density at radius 2 is 2.00 bits per heavy atom. The molecule has 1 aromatic carbocycles. The third kappa shape index (κ3) is 4.58. The van der Waals surface area contributed by atoms with Gasteiger partial charge in [-0.1, -0.05) is 6.07 Å². The highest BCUT2D eigenvalue weighted by atomic mass is 16.7. The SMILES string of the molecule is O=C(NCc1ccc2c(c1)OCO2)NC1CCC(Oc2cnccn2)CC1. The Morgan fingerprint density at radius 1 is 1.15 bits per heavy atom. The lowest BCUT2D eigenvalue weighted by Gasteiger charge is -2.29. The van der Waals surface area contributed by atoms with Crippen LogP contribution in [0.15, 0.2) is 36.8 Å². The second-order valence-corrected chi connectivity index (χ2v) is 6.65. The van der Waals surface area contributed by atoms with Crippen molar-refractivity contribution >= 4 is 6.03 Å². The summed E-state index contributed by atoms with van der Waals surface area (Å²) >= 11 is 0. The summed E-state index contributed by atoms with van der Waals surface area (Å²) in [5, 5.41) is 5.93. The van der Waals surface area contributed by atoms with Gasteiger partial charge in [0.05, 0.1) is 6.20 Å². The predicted octanol–water partition coefficient (Wildman–Crippen LogP) is 2.39. The Hall–Kier alpha value is -3.03. The predicted molar refractivity (Wildman–Crippen MR) is 96.6 cm³/mol. The second-order valence-electron chi connectivity index (χ2n) is 6.65. The van der Waals surface area contributed by atoms with E-state index in [0.29, 0.717) is 12.4 Å². The van der Waals surface area contributed by atoms with Crippen LogP contribution in [0.3, 0.4) is 0 Å². The van der Waals surface area contributed by atoms with Crippen LogP contribution in [0, 0.1) is 0 Å². The molecule has 0 radical (unpaired) electrons. The number of rotatable bonds is 5. The fraction of sp³-hybridized carbons (Fsp3) is 0.421. The zero-order valence-electron chi connectivity index (χ0n) is 14.9. The topological polar surface area (TPSA) is 94.6 Å². The van der Waals surface area contributed by atoms with Crippen molar-refractivity contribution in [1.82, 2.24) is 20.6 Å². The van der Waals surface area contributed by atoms with Crippen molar-refractivity contribution in [2.24, 2.45) is 0 Å². The minimum atomic E-state index is -0.161. The third-order valence-corrected chi connectivity index (χ3v) is 4.73. The van der Waals surface area contributed by atoms with Gasteiger partial charge in [-0.3, -0.25) is 4.98 Å². The van der Waals surface area contributed by atoms with Gasteiger partial charge in [-0.25, -0.2) is 9.78 Å². The first-order valence-electron chi connectivity index (χ1n) is 9.12. The molecule has 2 amide bonds. The van der Waals surface area contributed by atoms with Gasteiger partial charge in [0.15, 0.2) is 11.5 Å². The van der Waals surface area contributed by atoms with Crippen molar-refractivity contribution in [3.63, 3.8) is 0 Å². The van der Waals surface area contributed by atoms with Crippen molar-refractivity contribution in [2.75, 3.05) is 6.79 Å². The molecular formula is C19H22N4O4. The summed E-state index contributed by atoms with van der Waals surface area (Å²) in [6, 6.07) is 5.66. The number of hydrogen-bond donors (Lipinski definition) is 2. The standard InChI is InChI=1S/C19H22N4O4/c24-19(22-10-13-1-6-16-17(9-13)26-12-25-16)23-14-2-4-15(5-3-14)27-18-11-20-7-8-21-18/h1,6-9,11,14-15H,2-5,10,12H2,(H2,22,23,24). The summed E-state index contributed by atoms with van der Waals surface area (Å²) in [5.74, 6) is 2.01. The smallest absolute Gasteiger partial charge is 0.315 e. The summed E-state index contributed by atoms with van der Waals surface area (Å²) in [6.45, 7) is 0.684. The lowest BCUT2D eigenvalue weighted by atomic mass is 9.93. The number of aromatic nitrogens is 2. The van der Waals surface area contributed by atoms with E-state index in [1.165, 1.54) is 0 Å². The molecule has 0 bridgehead atoms. The number of nitrogens with zero attached hydrogens (tertiary/aromatic N) is 2. The Morgan fingerprint density at radius 3 is 2.81 bits per heavy atom. The molecular weight excluding hydrogens is 348 g/mol. The molecule has 8 nitrogen and oxygen atoms in total. The lowest BCUT2D eigenvalue weighted by molar-refractivity contribution is 0.134. The first-order valence-corrected chi connectivity index (χ1v) is 9.12. The van der Waals surface area contributed by atoms with Gasteiger partial charge in [0, 0.05) is 25.0 Å². The van der Waals surface area contributed by atoms with Gasteiger partial charge in [-0.15, -0.1) is 0 Å². The Kier molecular flexibility index (Phi) is 5.22. The molecule has 0 saturated heterocycles. The normalized spacial score (nSPS) is 20.7. The Balaban J connectivity index is 1.18. The first-order chi connectivity index (χ1) is 13.3. The van der Waals surface area contributed by atoms with Gasteiger partial charge in [-0.05, 0) is 43.4 Å². The second kappa shape index (κ2) is 8.11. The van der Waals surface area contributed by atoms with Gasteiger partial charge in [0.25, 0.3) is 0 Å². The van der Waals surface area contributed by atoms with E-state index in [2.05, 4.69) is 20.6 Å². The van der Waals surface area contributed by atoms with Gasteiger partial charge >= 0.3 is 6.03 Å². The molecule has 2 heterocycles. The maximum absolute atomic E-state index is 12.2. The van der Waals surface area contributed by atoms with E-state index in [4.69, 9.17) is 14.2 Å². The number of fused-ring (bicyclic) bond motifs is 1. The van der Waals surface area contributed by atoms with Gasteiger partial charge in [0.2, 0.25) is 12.7 Å². The van der Waals surface area contributed by atoms with Crippen LogP contribution in [0.4, 0.5) is 4.79 Å². The molecule has 4 rings (SSSR count). The van der Waals surface area contributed by atoms with Crippen LogP contribution < -0.4 is 24.8 Å². The number of nitrogens with one attached hydrogen (secondary N) is 2. The number of hydrogen-bond acceptors (Lipinski definition) is 6. The summed E-state index contributed by atoms with van der Waals surface area (Å²) in [4.78, 5) is 20.3. The molecule has 27 heavy (non-hydrogen) atoms. The molecule has 1 fully saturated rings. The van der Waals surface area contributed by atoms with E-state index in [1.807, 2.05) is 18.2 Å². The van der Waals surface area contributed by atoms with E-state index in [0.717, 1.165) is 42.7 Å². The van der Waals surface area contributed by atoms with E-state index in [1.54, 1.807) is 18.6 Å². The van der Waals surface area contributed by atoms with Crippen molar-refractivity contribution in [3.05, 3.63) is 42.4 Å². The zero-order chi connectivity index (χ0) is 18.5. The average molecular weight is 370 g/mol. The van der Waals surface area contributed by atoms with E-state index in [9.17, 15) is 4.79 Å². The molecule has 0 unspecified atom stereocenters. The van der Waals surface area contributed by atoms with Crippen molar-refractivity contribution in [3.8, 4) is 17.4 Å². The molecule has 0 atom stereocenters. The van der Waals surface area contributed by atoms with Crippen LogP contribution >= 0.6 is 0 Å². The molecule has 2 aromatic rings. The molecule has 1 aliphatic carbocycles. The summed E-state index contributed by atoms with van der Waals surface area (Å²) in [6.07, 6.45) is 8.49. The van der Waals surface area contributed by atoms with E-state index >= 15 is 0 Å². The summed E-state index contributed by atoms with van der Waals surface area (Å²) < 4.78 is 16.5. The highest BCUT2D eigenvalue weighted by molar-refractivity contribution is 5.74. The van der Waals surface area contributed by atoms with Crippen LogP contribution in [-0.4, -0.2) is 34.9 Å². The Bertz CT molecular complexity index is 779. The number of benzene rings is 1. The first kappa shape index (κ1) is 17.4. The van der Waals surface area contributed by atoms with Crippen molar-refractivity contribution < 1.29 is 19.0 Å². The van der Waals surface area contributed by atoms with Crippen LogP contribution in [0.5, 0.6) is 17.4 Å². The largest absolute Gasteiger partial charge is 0.473 e. The minimum absolute atomic E-state index is 0.122. The summed E-state index contributed by atoms with van der Waals surface area (Å²) in [5.41, 5.74) is 0.968. The summed E-state index contributed by atoms with van der Waals surface area (Å²) in [7, 11) is 0. The highest BCUT2D eigenvalue weighted by Crippen LogP contribution is 2.32. The van der Waals surface area contributed by atoms with Crippen LogP contribution in [0.25, 0.3) is 0 Å². The molecule has 142 valence electrons. The lowest BCUT2D eigenvalue weighted by Crippen LogP contribution is -2.44. The fourth-order valence-corrected chi connectivity index (χ4v) is 3.31. The fourth-order valence-electron chi connectivity index (χ4n) is 3.31. The maximum Gasteiger partial charge on any atom is 0.315 e. The molecule has 2 aliphatic rings. The molecule has 2 N–H and O–H groups in total. The third-order valence-electron chi connectivity index (χ3n) is 4.73. The molecule has 0 spiro atoms. The maximum atomic E-state index is 12.2.